The lowest BCUT2D eigenvalue weighted by atomic mass is 9.99. The molecule has 0 radical (unpaired) electrons. The molecule has 1 aromatic heterocycles. The van der Waals surface area contributed by atoms with Crippen molar-refractivity contribution < 1.29 is 14.6 Å². The van der Waals surface area contributed by atoms with Gasteiger partial charge >= 0.3 is 5.97 Å². The summed E-state index contributed by atoms with van der Waals surface area (Å²) in [6.45, 7) is 8.32. The number of ether oxygens (including phenoxy) is 1. The minimum Gasteiger partial charge on any atom is -0.461 e. The van der Waals surface area contributed by atoms with E-state index >= 15 is 0 Å². The van der Waals surface area contributed by atoms with Gasteiger partial charge in [0, 0.05) is 17.2 Å². The van der Waals surface area contributed by atoms with Crippen molar-refractivity contribution in [2.75, 3.05) is 12.4 Å². The molecule has 1 aromatic rings. The first-order valence-electron chi connectivity index (χ1n) is 8.37. The first-order valence-corrected chi connectivity index (χ1v) is 10.6. The Morgan fingerprint density at radius 3 is 2.79 bits per heavy atom. The Bertz CT molecular complexity index is 534. The minimum atomic E-state index is -0.749. The van der Waals surface area contributed by atoms with Gasteiger partial charge < -0.3 is 9.84 Å². The molecule has 0 spiro atoms. The molecule has 6 nitrogen and oxygen atoms in total. The highest BCUT2D eigenvalue weighted by Gasteiger charge is 2.23. The second-order valence-corrected chi connectivity index (χ2v) is 8.27. The van der Waals surface area contributed by atoms with Gasteiger partial charge in [-0.2, -0.15) is 0 Å². The van der Waals surface area contributed by atoms with E-state index in [0.717, 1.165) is 18.6 Å². The topological polar surface area (TPSA) is 95.3 Å². The fourth-order valence-electron chi connectivity index (χ4n) is 2.07. The number of aromatic nitrogens is 1. The predicted octanol–water partition coefficient (Wildman–Crippen LogP) is 3.45. The number of rotatable bonds is 11. The third-order valence-corrected chi connectivity index (χ3v) is 5.80. The molecule has 3 atom stereocenters. The first kappa shape index (κ1) is 21.2. The van der Waals surface area contributed by atoms with Crippen molar-refractivity contribution in [2.45, 2.75) is 59.1 Å². The number of carbonyl (C=O) groups excluding carboxylic acids is 1. The van der Waals surface area contributed by atoms with E-state index in [-0.39, 0.29) is 11.7 Å². The summed E-state index contributed by atoms with van der Waals surface area (Å²) in [6, 6.07) is 0.0348. The van der Waals surface area contributed by atoms with Crippen LogP contribution < -0.4 is 4.72 Å². The third-order valence-electron chi connectivity index (χ3n) is 3.57. The van der Waals surface area contributed by atoms with E-state index in [0.29, 0.717) is 24.0 Å². The number of aliphatic hydroxyl groups is 1. The summed E-state index contributed by atoms with van der Waals surface area (Å²) < 4.78 is 16.4. The van der Waals surface area contributed by atoms with Crippen molar-refractivity contribution in [1.82, 2.24) is 9.71 Å². The van der Waals surface area contributed by atoms with Crippen LogP contribution in [0.25, 0.3) is 0 Å². The molecule has 24 heavy (non-hydrogen) atoms. The van der Waals surface area contributed by atoms with Gasteiger partial charge in [0.2, 0.25) is 0 Å². The van der Waals surface area contributed by atoms with E-state index in [9.17, 15) is 9.90 Å². The van der Waals surface area contributed by atoms with Crippen molar-refractivity contribution in [3.63, 3.8) is 0 Å². The molecule has 1 rings (SSSR count). The van der Waals surface area contributed by atoms with E-state index in [1.165, 1.54) is 11.3 Å². The number of aliphatic hydroxyl groups excluding tert-OH is 1. The summed E-state index contributed by atoms with van der Waals surface area (Å²) in [7, 11) is -0.600. The number of hydrogen-bond acceptors (Lipinski definition) is 6. The number of nitrogens with one attached hydrogen (secondary N) is 2. The summed E-state index contributed by atoms with van der Waals surface area (Å²) in [5, 5.41) is 12.6. The highest BCUT2D eigenvalue weighted by molar-refractivity contribution is 7.84. The van der Waals surface area contributed by atoms with Gasteiger partial charge in [-0.25, -0.2) is 9.78 Å². The van der Waals surface area contributed by atoms with Gasteiger partial charge in [-0.15, -0.1) is 11.3 Å². The Hall–Kier alpha value is -0.830. The summed E-state index contributed by atoms with van der Waals surface area (Å²) in [4.78, 5) is 15.9. The Morgan fingerprint density at radius 1 is 1.50 bits per heavy atom. The monoisotopic (exact) mass is 375 g/mol. The second kappa shape index (κ2) is 10.9. The van der Waals surface area contributed by atoms with Crippen LogP contribution in [0.3, 0.4) is 0 Å². The van der Waals surface area contributed by atoms with Crippen LogP contribution in [0.5, 0.6) is 0 Å². The first-order chi connectivity index (χ1) is 11.4. The number of carbonyl (C=O) groups is 1. The molecule has 0 aliphatic heterocycles. The van der Waals surface area contributed by atoms with Crippen LogP contribution >= 0.6 is 11.3 Å². The maximum Gasteiger partial charge on any atom is 0.357 e. The van der Waals surface area contributed by atoms with Gasteiger partial charge in [-0.1, -0.05) is 27.2 Å². The van der Waals surface area contributed by atoms with E-state index < -0.39 is 23.0 Å². The molecule has 0 saturated carbocycles. The molecular formula is C16H29N3O3S2. The van der Waals surface area contributed by atoms with Crippen LogP contribution in [0.2, 0.25) is 0 Å². The zero-order chi connectivity index (χ0) is 18.1. The molecule has 0 bridgehead atoms. The van der Waals surface area contributed by atoms with Gasteiger partial charge in [0.25, 0.3) is 0 Å². The number of thiazole rings is 1. The van der Waals surface area contributed by atoms with E-state index in [1.807, 2.05) is 0 Å². The predicted molar refractivity (Wildman–Crippen MR) is 99.3 cm³/mol. The lowest BCUT2D eigenvalue weighted by Crippen LogP contribution is -2.37. The smallest absolute Gasteiger partial charge is 0.357 e. The normalized spacial score (nSPS) is 15.2. The average molecular weight is 376 g/mol. The van der Waals surface area contributed by atoms with Crippen molar-refractivity contribution in [2.24, 2.45) is 5.92 Å². The lowest BCUT2D eigenvalue weighted by molar-refractivity contribution is 0.0519. The standard InChI is InChI=1S/C16H29N3O3S2/c1-5-7-8-24(17)19-12(11(3)4)9-14(20)15-18-13(10-23-15)16(21)22-6-2/h10-12,14,20H,5-9H2,1-4H3,(H2,17,19)/t12-,14-,24?/m1/s1. The maximum absolute atomic E-state index is 11.7. The Morgan fingerprint density at radius 2 is 2.21 bits per heavy atom. The Labute approximate surface area is 151 Å². The average Bonchev–Trinajstić information content (AvgIpc) is 3.02. The summed E-state index contributed by atoms with van der Waals surface area (Å²) >= 11 is 1.26. The quantitative estimate of drug-likeness (QED) is 0.515. The highest BCUT2D eigenvalue weighted by atomic mass is 32.2. The highest BCUT2D eigenvalue weighted by Crippen LogP contribution is 2.25. The molecule has 0 aliphatic carbocycles. The number of hydrogen-bond donors (Lipinski definition) is 3. The molecule has 0 aromatic carbocycles. The number of nitrogens with zero attached hydrogens (tertiary/aromatic N) is 1. The van der Waals surface area contributed by atoms with Crippen molar-refractivity contribution >= 4 is 28.2 Å². The van der Waals surface area contributed by atoms with Crippen molar-refractivity contribution in [3.8, 4) is 0 Å². The summed E-state index contributed by atoms with van der Waals surface area (Å²) in [5.41, 5.74) is 0.244. The van der Waals surface area contributed by atoms with Gasteiger partial charge in [0.05, 0.1) is 6.61 Å². The number of unbranched alkanes of at least 4 members (excludes halogenated alkanes) is 1. The fraction of sp³-hybridized carbons (Fsp3) is 0.750. The molecular weight excluding hydrogens is 346 g/mol. The van der Waals surface area contributed by atoms with Crippen LogP contribution in [0.15, 0.2) is 5.38 Å². The largest absolute Gasteiger partial charge is 0.461 e. The molecule has 0 fully saturated rings. The SMILES string of the molecule is CCCCS(=N)N[C@H](C[C@@H](O)c1nc(C(=O)OCC)cs1)C(C)C. The van der Waals surface area contributed by atoms with Crippen LogP contribution in [-0.4, -0.2) is 34.5 Å². The third kappa shape index (κ3) is 6.96. The van der Waals surface area contributed by atoms with Crippen LogP contribution in [0, 0.1) is 10.7 Å². The molecule has 138 valence electrons. The minimum absolute atomic E-state index is 0.0348. The molecule has 1 heterocycles. The summed E-state index contributed by atoms with van der Waals surface area (Å²) in [6.07, 6.45) is 1.83. The second-order valence-electron chi connectivity index (χ2n) is 5.96. The zero-order valence-corrected chi connectivity index (χ0v) is 16.5. The Kier molecular flexibility index (Phi) is 9.65. The van der Waals surface area contributed by atoms with Gasteiger partial charge in [-0.05, 0) is 36.6 Å². The lowest BCUT2D eigenvalue weighted by Gasteiger charge is -2.25. The maximum atomic E-state index is 11.7. The van der Waals surface area contributed by atoms with Gasteiger partial charge in [-0.3, -0.25) is 9.50 Å². The molecule has 0 aliphatic rings. The Balaban J connectivity index is 2.66. The van der Waals surface area contributed by atoms with Crippen molar-refractivity contribution in [3.05, 3.63) is 16.1 Å². The molecule has 1 unspecified atom stereocenters. The van der Waals surface area contributed by atoms with Gasteiger partial charge in [0.15, 0.2) is 5.69 Å². The van der Waals surface area contributed by atoms with E-state index in [1.54, 1.807) is 12.3 Å². The molecule has 0 saturated heterocycles. The van der Waals surface area contributed by atoms with E-state index in [2.05, 4.69) is 30.5 Å². The molecule has 8 heteroatoms. The summed E-state index contributed by atoms with van der Waals surface area (Å²) in [5.74, 6) is 0.671. The van der Waals surface area contributed by atoms with E-state index in [4.69, 9.17) is 9.52 Å². The molecule has 0 amide bonds. The molecule has 3 N–H and O–H groups in total. The van der Waals surface area contributed by atoms with Crippen LogP contribution in [-0.2, 0) is 15.6 Å². The van der Waals surface area contributed by atoms with Gasteiger partial charge in [0.1, 0.15) is 11.1 Å². The van der Waals surface area contributed by atoms with Crippen LogP contribution in [0.1, 0.15) is 68.6 Å². The van der Waals surface area contributed by atoms with Crippen LogP contribution in [0.4, 0.5) is 0 Å². The fourth-order valence-corrected chi connectivity index (χ4v) is 4.28. The number of esters is 1. The van der Waals surface area contributed by atoms with Crippen molar-refractivity contribution in [1.29, 1.82) is 4.78 Å². The zero-order valence-electron chi connectivity index (χ0n) is 14.9.